The second-order valence-electron chi connectivity index (χ2n) is 8.29. The van der Waals surface area contributed by atoms with Crippen LogP contribution in [0.5, 0.6) is 0 Å². The first-order chi connectivity index (χ1) is 15.9. The molecule has 1 unspecified atom stereocenters. The molecular formula is C28H27N3O2. The highest BCUT2D eigenvalue weighted by molar-refractivity contribution is 5.91. The molecule has 0 N–H and O–H groups in total. The molecule has 0 aliphatic heterocycles. The van der Waals surface area contributed by atoms with Gasteiger partial charge >= 0.3 is 0 Å². The van der Waals surface area contributed by atoms with E-state index in [2.05, 4.69) is 0 Å². The quantitative estimate of drug-likeness (QED) is 0.402. The van der Waals surface area contributed by atoms with Gasteiger partial charge in [-0.15, -0.1) is 0 Å². The lowest BCUT2D eigenvalue weighted by Crippen LogP contribution is -2.34. The topological polar surface area (TPSA) is 55.2 Å². The molecule has 1 aromatic heterocycles. The maximum absolute atomic E-state index is 13.6. The van der Waals surface area contributed by atoms with E-state index in [9.17, 15) is 9.59 Å². The fourth-order valence-corrected chi connectivity index (χ4v) is 3.84. The number of fused-ring (bicyclic) bond motifs is 1. The van der Waals surface area contributed by atoms with Crippen molar-refractivity contribution in [1.29, 1.82) is 0 Å². The fraction of sp³-hybridized carbons (Fsp3) is 0.179. The highest BCUT2D eigenvalue weighted by Crippen LogP contribution is 2.24. The number of hydrogen-bond donors (Lipinski definition) is 0. The van der Waals surface area contributed by atoms with E-state index >= 15 is 0 Å². The Hall–Kier alpha value is -3.99. The maximum atomic E-state index is 13.6. The minimum Gasteiger partial charge on any atom is -0.332 e. The maximum Gasteiger partial charge on any atom is 0.266 e. The van der Waals surface area contributed by atoms with E-state index in [4.69, 9.17) is 4.98 Å². The van der Waals surface area contributed by atoms with Crippen LogP contribution in [0.2, 0.25) is 0 Å². The Bertz CT molecular complexity index is 1400. The summed E-state index contributed by atoms with van der Waals surface area (Å²) in [4.78, 5) is 33.1. The molecule has 0 spiro atoms. The van der Waals surface area contributed by atoms with Crippen molar-refractivity contribution >= 4 is 22.9 Å². The molecule has 4 rings (SSSR count). The van der Waals surface area contributed by atoms with Crippen molar-refractivity contribution < 1.29 is 4.79 Å². The number of para-hydroxylation sites is 1. The Kier molecular flexibility index (Phi) is 6.22. The van der Waals surface area contributed by atoms with Gasteiger partial charge < -0.3 is 4.90 Å². The van der Waals surface area contributed by atoms with E-state index in [0.717, 1.165) is 22.4 Å². The molecule has 0 saturated heterocycles. The summed E-state index contributed by atoms with van der Waals surface area (Å²) in [7, 11) is 1.73. The minimum atomic E-state index is -0.435. The van der Waals surface area contributed by atoms with Crippen LogP contribution in [0.25, 0.3) is 22.7 Å². The number of aromatic nitrogens is 2. The number of hydrogen-bond acceptors (Lipinski definition) is 3. The summed E-state index contributed by atoms with van der Waals surface area (Å²) in [6.07, 6.45) is 3.34. The van der Waals surface area contributed by atoms with Gasteiger partial charge in [0.25, 0.3) is 5.56 Å². The molecule has 0 fully saturated rings. The van der Waals surface area contributed by atoms with Gasteiger partial charge in [-0.2, -0.15) is 0 Å². The second kappa shape index (κ2) is 9.25. The fourth-order valence-electron chi connectivity index (χ4n) is 3.84. The summed E-state index contributed by atoms with van der Waals surface area (Å²) in [5, 5.41) is 0.548. The largest absolute Gasteiger partial charge is 0.332 e. The van der Waals surface area contributed by atoms with Gasteiger partial charge in [-0.25, -0.2) is 4.98 Å². The van der Waals surface area contributed by atoms with Gasteiger partial charge in [0.05, 0.1) is 22.6 Å². The van der Waals surface area contributed by atoms with Gasteiger partial charge in [0.15, 0.2) is 0 Å². The first-order valence-electron chi connectivity index (χ1n) is 11.0. The van der Waals surface area contributed by atoms with Crippen LogP contribution in [0.3, 0.4) is 0 Å². The van der Waals surface area contributed by atoms with E-state index in [1.807, 2.05) is 87.5 Å². The highest BCUT2D eigenvalue weighted by Gasteiger charge is 2.24. The summed E-state index contributed by atoms with van der Waals surface area (Å²) in [5.41, 5.74) is 4.21. The van der Waals surface area contributed by atoms with Gasteiger partial charge in [0.1, 0.15) is 5.82 Å². The number of amides is 1. The molecule has 1 atom stereocenters. The van der Waals surface area contributed by atoms with Crippen LogP contribution >= 0.6 is 0 Å². The van der Waals surface area contributed by atoms with E-state index in [0.29, 0.717) is 16.7 Å². The van der Waals surface area contributed by atoms with Crippen molar-refractivity contribution in [1.82, 2.24) is 14.5 Å². The van der Waals surface area contributed by atoms with E-state index in [1.165, 1.54) is 0 Å². The summed E-state index contributed by atoms with van der Waals surface area (Å²) in [6, 6.07) is 22.6. The van der Waals surface area contributed by atoms with Crippen molar-refractivity contribution in [2.24, 2.45) is 0 Å². The molecular weight excluding hydrogens is 410 g/mol. The predicted molar refractivity (Wildman–Crippen MR) is 133 cm³/mol. The number of aryl methyl sites for hydroxylation is 2. The third-order valence-electron chi connectivity index (χ3n) is 5.93. The molecule has 4 aromatic rings. The minimum absolute atomic E-state index is 0.142. The Morgan fingerprint density at radius 1 is 1.00 bits per heavy atom. The van der Waals surface area contributed by atoms with Crippen LogP contribution < -0.4 is 5.56 Å². The zero-order valence-corrected chi connectivity index (χ0v) is 19.3. The predicted octanol–water partition coefficient (Wildman–Crippen LogP) is 5.24. The molecule has 0 aliphatic carbocycles. The van der Waals surface area contributed by atoms with Gasteiger partial charge in [-0.05, 0) is 61.7 Å². The average molecular weight is 438 g/mol. The monoisotopic (exact) mass is 437 g/mol. The molecule has 3 aromatic carbocycles. The molecule has 0 aliphatic rings. The van der Waals surface area contributed by atoms with Crippen molar-refractivity contribution in [2.45, 2.75) is 26.8 Å². The lowest BCUT2D eigenvalue weighted by Gasteiger charge is -2.26. The van der Waals surface area contributed by atoms with Crippen molar-refractivity contribution in [3.05, 3.63) is 112 Å². The summed E-state index contributed by atoms with van der Waals surface area (Å²) in [5.74, 6) is 0.359. The summed E-state index contributed by atoms with van der Waals surface area (Å²) >= 11 is 0. The zero-order valence-electron chi connectivity index (χ0n) is 19.3. The first kappa shape index (κ1) is 22.2. The Morgan fingerprint density at radius 2 is 1.70 bits per heavy atom. The normalized spacial score (nSPS) is 12.2. The molecule has 5 heteroatoms. The lowest BCUT2D eigenvalue weighted by molar-refractivity contribution is -0.126. The Balaban J connectivity index is 1.82. The van der Waals surface area contributed by atoms with Crippen LogP contribution in [0.15, 0.2) is 83.7 Å². The average Bonchev–Trinajstić information content (AvgIpc) is 2.84. The van der Waals surface area contributed by atoms with Crippen LogP contribution in [-0.2, 0) is 4.79 Å². The van der Waals surface area contributed by atoms with Gasteiger partial charge in [-0.3, -0.25) is 14.2 Å². The number of nitrogens with zero attached hydrogens (tertiary/aromatic N) is 3. The highest BCUT2D eigenvalue weighted by atomic mass is 16.2. The third kappa shape index (κ3) is 4.48. The summed E-state index contributed by atoms with van der Waals surface area (Å²) in [6.45, 7) is 5.87. The zero-order chi connectivity index (χ0) is 23.5. The molecule has 0 radical (unpaired) electrons. The van der Waals surface area contributed by atoms with Crippen LogP contribution in [0.1, 0.15) is 35.5 Å². The lowest BCUT2D eigenvalue weighted by atomic mass is 10.1. The van der Waals surface area contributed by atoms with Crippen molar-refractivity contribution in [3.8, 4) is 5.69 Å². The summed E-state index contributed by atoms with van der Waals surface area (Å²) < 4.78 is 1.65. The van der Waals surface area contributed by atoms with E-state index in [-0.39, 0.29) is 11.5 Å². The number of rotatable bonds is 5. The first-order valence-corrected chi connectivity index (χ1v) is 11.0. The van der Waals surface area contributed by atoms with Crippen molar-refractivity contribution in [2.75, 3.05) is 7.05 Å². The smallest absolute Gasteiger partial charge is 0.266 e. The van der Waals surface area contributed by atoms with Crippen molar-refractivity contribution in [3.63, 3.8) is 0 Å². The van der Waals surface area contributed by atoms with E-state index in [1.54, 1.807) is 34.7 Å². The molecule has 0 saturated carbocycles. The molecule has 1 heterocycles. The van der Waals surface area contributed by atoms with Gasteiger partial charge in [0.2, 0.25) is 5.91 Å². The molecule has 1 amide bonds. The molecule has 5 nitrogen and oxygen atoms in total. The number of likely N-dealkylation sites (N-methyl/N-ethyl adjacent to an activating group) is 1. The standard InChI is InChI=1S/C28H27N3O2/c1-19-14-15-20(2)25(18-19)31-27(29-24-13-9-8-12-23(24)28(31)33)21(3)30(4)26(32)17-16-22-10-6-5-7-11-22/h5-18,21H,1-4H3. The number of benzene rings is 3. The molecule has 33 heavy (non-hydrogen) atoms. The van der Waals surface area contributed by atoms with Crippen LogP contribution in [0.4, 0.5) is 0 Å². The Morgan fingerprint density at radius 3 is 2.45 bits per heavy atom. The number of carbonyl (C=O) groups excluding carboxylic acids is 1. The van der Waals surface area contributed by atoms with Crippen LogP contribution in [0, 0.1) is 13.8 Å². The molecule has 166 valence electrons. The van der Waals surface area contributed by atoms with Gasteiger partial charge in [-0.1, -0.05) is 54.6 Å². The SMILES string of the molecule is Cc1ccc(C)c(-n2c(C(C)N(C)C(=O)C=Cc3ccccc3)nc3ccccc3c2=O)c1. The van der Waals surface area contributed by atoms with Crippen LogP contribution in [-0.4, -0.2) is 27.4 Å². The van der Waals surface area contributed by atoms with E-state index < -0.39 is 6.04 Å². The Labute approximate surface area is 193 Å². The third-order valence-corrected chi connectivity index (χ3v) is 5.93. The number of carbonyl (C=O) groups is 1. The van der Waals surface area contributed by atoms with Gasteiger partial charge in [0, 0.05) is 13.1 Å². The molecule has 0 bridgehead atoms. The second-order valence-corrected chi connectivity index (χ2v) is 8.29.